The molecule has 0 aliphatic carbocycles. The summed E-state index contributed by atoms with van der Waals surface area (Å²) in [4.78, 5) is 43.6. The number of hydrogen-bond acceptors (Lipinski definition) is 5. The van der Waals surface area contributed by atoms with Crippen LogP contribution in [0, 0.1) is 0 Å². The van der Waals surface area contributed by atoms with Crippen molar-refractivity contribution in [1.82, 2.24) is 9.80 Å². The van der Waals surface area contributed by atoms with E-state index in [2.05, 4.69) is 10.2 Å². The SMILES string of the molecule is CC(=O)Nc1ccc(CN2CCCN(C(=O)CN3C(=O)CSc4ccccc43)CC2)cc1. The monoisotopic (exact) mass is 452 g/mol. The summed E-state index contributed by atoms with van der Waals surface area (Å²) in [5.41, 5.74) is 2.80. The number of anilines is 2. The standard InChI is InChI=1S/C24H28N4O3S/c1-18(29)25-20-9-7-19(8-10-20)15-26-11-4-12-27(14-13-26)23(30)16-28-21-5-2-3-6-22(21)32-17-24(28)31/h2-3,5-10H,4,11-17H2,1H3,(H,25,29). The van der Waals surface area contributed by atoms with Crippen molar-refractivity contribution in [3.05, 3.63) is 54.1 Å². The van der Waals surface area contributed by atoms with Gasteiger partial charge in [0, 0.05) is 50.2 Å². The lowest BCUT2D eigenvalue weighted by Crippen LogP contribution is -2.46. The number of rotatable bonds is 5. The summed E-state index contributed by atoms with van der Waals surface area (Å²) >= 11 is 1.53. The highest BCUT2D eigenvalue weighted by molar-refractivity contribution is 8.00. The van der Waals surface area contributed by atoms with E-state index in [9.17, 15) is 14.4 Å². The average Bonchev–Trinajstić information content (AvgIpc) is 3.02. The molecule has 7 nitrogen and oxygen atoms in total. The van der Waals surface area contributed by atoms with Crippen LogP contribution in [0.15, 0.2) is 53.4 Å². The van der Waals surface area contributed by atoms with E-state index in [1.165, 1.54) is 24.2 Å². The molecule has 1 saturated heterocycles. The van der Waals surface area contributed by atoms with E-state index in [0.717, 1.165) is 42.3 Å². The summed E-state index contributed by atoms with van der Waals surface area (Å²) in [5.74, 6) is 0.282. The number of benzene rings is 2. The normalized spacial score (nSPS) is 17.0. The zero-order valence-corrected chi connectivity index (χ0v) is 19.1. The van der Waals surface area contributed by atoms with E-state index < -0.39 is 0 Å². The molecule has 2 aliphatic heterocycles. The molecule has 32 heavy (non-hydrogen) atoms. The molecule has 0 atom stereocenters. The molecule has 2 aromatic carbocycles. The first kappa shape index (κ1) is 22.4. The Hall–Kier alpha value is -2.84. The van der Waals surface area contributed by atoms with Crippen LogP contribution in [0.4, 0.5) is 11.4 Å². The van der Waals surface area contributed by atoms with Crippen LogP contribution in [0.1, 0.15) is 18.9 Å². The number of carbonyl (C=O) groups is 3. The van der Waals surface area contributed by atoms with Crippen molar-refractivity contribution in [2.24, 2.45) is 0 Å². The van der Waals surface area contributed by atoms with Crippen LogP contribution in [0.2, 0.25) is 0 Å². The van der Waals surface area contributed by atoms with Crippen LogP contribution >= 0.6 is 11.8 Å². The molecule has 0 saturated carbocycles. The molecule has 0 bridgehead atoms. The number of thioether (sulfide) groups is 1. The van der Waals surface area contributed by atoms with Crippen molar-refractivity contribution in [3.8, 4) is 0 Å². The van der Waals surface area contributed by atoms with Gasteiger partial charge in [-0.2, -0.15) is 0 Å². The largest absolute Gasteiger partial charge is 0.340 e. The van der Waals surface area contributed by atoms with Crippen molar-refractivity contribution in [2.45, 2.75) is 24.8 Å². The molecule has 0 radical (unpaired) electrons. The number of hydrogen-bond donors (Lipinski definition) is 1. The molecule has 168 valence electrons. The van der Waals surface area contributed by atoms with Crippen LogP contribution in [-0.2, 0) is 20.9 Å². The molecule has 3 amide bonds. The third-order valence-corrected chi connectivity index (χ3v) is 6.77. The summed E-state index contributed by atoms with van der Waals surface area (Å²) in [6, 6.07) is 15.6. The highest BCUT2D eigenvalue weighted by atomic mass is 32.2. The van der Waals surface area contributed by atoms with Crippen molar-refractivity contribution in [3.63, 3.8) is 0 Å². The first-order valence-electron chi connectivity index (χ1n) is 10.9. The lowest BCUT2D eigenvalue weighted by molar-refractivity contribution is -0.131. The van der Waals surface area contributed by atoms with E-state index in [1.807, 2.05) is 53.4 Å². The molecular formula is C24H28N4O3S. The van der Waals surface area contributed by atoms with Gasteiger partial charge in [-0.1, -0.05) is 24.3 Å². The Kier molecular flexibility index (Phi) is 7.12. The fourth-order valence-corrected chi connectivity index (χ4v) is 5.03. The maximum absolute atomic E-state index is 13.0. The van der Waals surface area contributed by atoms with Gasteiger partial charge in [-0.3, -0.25) is 19.3 Å². The zero-order chi connectivity index (χ0) is 22.5. The van der Waals surface area contributed by atoms with Crippen molar-refractivity contribution in [2.75, 3.05) is 48.7 Å². The number of nitrogens with one attached hydrogen (secondary N) is 1. The summed E-state index contributed by atoms with van der Waals surface area (Å²) in [6.07, 6.45) is 0.899. The molecule has 0 spiro atoms. The van der Waals surface area contributed by atoms with Gasteiger partial charge in [0.25, 0.3) is 0 Å². The smallest absolute Gasteiger partial charge is 0.242 e. The molecule has 0 aromatic heterocycles. The Morgan fingerprint density at radius 1 is 1.00 bits per heavy atom. The van der Waals surface area contributed by atoms with Crippen molar-refractivity contribution < 1.29 is 14.4 Å². The summed E-state index contributed by atoms with van der Waals surface area (Å²) in [6.45, 7) is 5.46. The number of amides is 3. The van der Waals surface area contributed by atoms with Gasteiger partial charge in [-0.05, 0) is 36.2 Å². The van der Waals surface area contributed by atoms with Gasteiger partial charge in [0.05, 0.1) is 11.4 Å². The molecular weight excluding hydrogens is 424 g/mol. The second-order valence-electron chi connectivity index (χ2n) is 8.12. The Labute approximate surface area is 192 Å². The number of carbonyl (C=O) groups excluding carboxylic acids is 3. The van der Waals surface area contributed by atoms with Crippen LogP contribution in [0.3, 0.4) is 0 Å². The lowest BCUT2D eigenvalue weighted by Gasteiger charge is -2.30. The van der Waals surface area contributed by atoms with Gasteiger partial charge in [0.1, 0.15) is 6.54 Å². The molecule has 1 fully saturated rings. The van der Waals surface area contributed by atoms with Crippen molar-refractivity contribution in [1.29, 1.82) is 0 Å². The predicted molar refractivity (Wildman–Crippen MR) is 127 cm³/mol. The third-order valence-electron chi connectivity index (χ3n) is 5.72. The minimum Gasteiger partial charge on any atom is -0.340 e. The quantitative estimate of drug-likeness (QED) is 0.755. The zero-order valence-electron chi connectivity index (χ0n) is 18.3. The van der Waals surface area contributed by atoms with Gasteiger partial charge in [0.15, 0.2) is 0 Å². The Morgan fingerprint density at radius 2 is 1.78 bits per heavy atom. The van der Waals surface area contributed by atoms with Gasteiger partial charge >= 0.3 is 0 Å². The minimum absolute atomic E-state index is 0.00145. The molecule has 0 unspecified atom stereocenters. The van der Waals surface area contributed by atoms with E-state index in [-0.39, 0.29) is 24.3 Å². The second kappa shape index (κ2) is 10.2. The van der Waals surface area contributed by atoms with Gasteiger partial charge in [0.2, 0.25) is 17.7 Å². The van der Waals surface area contributed by atoms with Crippen LogP contribution in [0.25, 0.3) is 0 Å². The Bertz CT molecular complexity index is 995. The molecule has 4 rings (SSSR count). The van der Waals surface area contributed by atoms with Gasteiger partial charge in [-0.25, -0.2) is 0 Å². The maximum Gasteiger partial charge on any atom is 0.242 e. The predicted octanol–water partition coefficient (Wildman–Crippen LogP) is 2.82. The molecule has 2 aromatic rings. The first-order valence-corrected chi connectivity index (χ1v) is 11.9. The van der Waals surface area contributed by atoms with E-state index in [1.54, 1.807) is 4.90 Å². The molecule has 2 heterocycles. The second-order valence-corrected chi connectivity index (χ2v) is 9.14. The number of fused-ring (bicyclic) bond motifs is 1. The number of para-hydroxylation sites is 1. The molecule has 2 aliphatic rings. The molecule has 1 N–H and O–H groups in total. The first-order chi connectivity index (χ1) is 15.5. The fraction of sp³-hybridized carbons (Fsp3) is 0.375. The maximum atomic E-state index is 13.0. The third kappa shape index (κ3) is 5.49. The van der Waals surface area contributed by atoms with Crippen molar-refractivity contribution >= 4 is 40.9 Å². The Morgan fingerprint density at radius 3 is 2.56 bits per heavy atom. The van der Waals surface area contributed by atoms with Crippen LogP contribution in [0.5, 0.6) is 0 Å². The van der Waals surface area contributed by atoms with Crippen LogP contribution < -0.4 is 10.2 Å². The average molecular weight is 453 g/mol. The lowest BCUT2D eigenvalue weighted by atomic mass is 10.2. The summed E-state index contributed by atoms with van der Waals surface area (Å²) in [7, 11) is 0. The van der Waals surface area contributed by atoms with Crippen LogP contribution in [-0.4, -0.2) is 66.0 Å². The number of nitrogens with zero attached hydrogens (tertiary/aromatic N) is 3. The highest BCUT2D eigenvalue weighted by Gasteiger charge is 2.28. The fourth-order valence-electron chi connectivity index (χ4n) is 4.10. The topological polar surface area (TPSA) is 73.0 Å². The van der Waals surface area contributed by atoms with Gasteiger partial charge in [-0.15, -0.1) is 11.8 Å². The van der Waals surface area contributed by atoms with Gasteiger partial charge < -0.3 is 15.1 Å². The highest BCUT2D eigenvalue weighted by Crippen LogP contribution is 2.34. The van der Waals surface area contributed by atoms with E-state index in [0.29, 0.717) is 18.8 Å². The Balaban J connectivity index is 1.33. The minimum atomic E-state index is -0.0801. The van der Waals surface area contributed by atoms with E-state index in [4.69, 9.17) is 0 Å². The summed E-state index contributed by atoms with van der Waals surface area (Å²) < 4.78 is 0. The summed E-state index contributed by atoms with van der Waals surface area (Å²) in [5, 5.41) is 2.78. The van der Waals surface area contributed by atoms with E-state index >= 15 is 0 Å². The molecule has 8 heteroatoms.